The second-order valence-electron chi connectivity index (χ2n) is 4.87. The Morgan fingerprint density at radius 3 is 2.85 bits per heavy atom. The Kier molecular flexibility index (Phi) is 5.37. The van der Waals surface area contributed by atoms with Gasteiger partial charge < -0.3 is 18.9 Å². The number of pyridine rings is 1. The highest BCUT2D eigenvalue weighted by Crippen LogP contribution is 2.35. The number of hydrogen-bond acceptors (Lipinski definition) is 5. The number of aromatic nitrogens is 1. The summed E-state index contributed by atoms with van der Waals surface area (Å²) in [6, 6.07) is 3.75. The normalized spacial score (nSPS) is 23.8. The van der Waals surface area contributed by atoms with E-state index in [0.29, 0.717) is 19.8 Å². The maximum absolute atomic E-state index is 5.74. The van der Waals surface area contributed by atoms with Gasteiger partial charge in [-0.3, -0.25) is 0 Å². The highest BCUT2D eigenvalue weighted by Gasteiger charge is 2.38. The predicted molar refractivity (Wildman–Crippen MR) is 78.0 cm³/mol. The molecule has 0 aliphatic carbocycles. The summed E-state index contributed by atoms with van der Waals surface area (Å²) in [5.74, 6) is 0.745. The molecule has 5 nitrogen and oxygen atoms in total. The molecule has 0 spiro atoms. The van der Waals surface area contributed by atoms with Gasteiger partial charge in [-0.1, -0.05) is 0 Å². The van der Waals surface area contributed by atoms with Gasteiger partial charge in [-0.15, -0.1) is 0 Å². The zero-order valence-corrected chi connectivity index (χ0v) is 13.6. The molecule has 0 amide bonds. The van der Waals surface area contributed by atoms with Crippen LogP contribution in [0.3, 0.4) is 0 Å². The molecule has 2 rings (SSSR count). The molecule has 0 saturated carbocycles. The first-order chi connectivity index (χ1) is 9.59. The van der Waals surface area contributed by atoms with Crippen molar-refractivity contribution in [1.29, 1.82) is 0 Å². The standard InChI is InChI=1S/C14H20BrNO4/c1-10(17-2)8-20-11-6-12(16-13(15)7-11)14(18-3)4-5-19-9-14/h6-7,10H,4-5,8-9H2,1-3H3/t10-,14+/m1/s1. The molecule has 1 aromatic heterocycles. The Hall–Kier alpha value is -0.690. The summed E-state index contributed by atoms with van der Waals surface area (Å²) in [7, 11) is 3.35. The minimum Gasteiger partial charge on any atom is -0.491 e. The second kappa shape index (κ2) is 6.85. The summed E-state index contributed by atoms with van der Waals surface area (Å²) in [6.45, 7) is 3.64. The average Bonchev–Trinajstić information content (AvgIpc) is 2.94. The van der Waals surface area contributed by atoms with E-state index in [1.54, 1.807) is 14.2 Å². The van der Waals surface area contributed by atoms with Crippen molar-refractivity contribution in [3.05, 3.63) is 22.4 Å². The Bertz CT molecular complexity index is 449. The third kappa shape index (κ3) is 3.49. The molecule has 1 aliphatic heterocycles. The SMILES string of the molecule is CO[C@H](C)COc1cc(Br)nc([C@]2(OC)CCOC2)c1. The summed E-state index contributed by atoms with van der Waals surface area (Å²) in [5, 5.41) is 0. The zero-order valence-electron chi connectivity index (χ0n) is 12.0. The van der Waals surface area contributed by atoms with Gasteiger partial charge >= 0.3 is 0 Å². The number of halogens is 1. The van der Waals surface area contributed by atoms with Crippen molar-refractivity contribution < 1.29 is 18.9 Å². The van der Waals surface area contributed by atoms with Gasteiger partial charge in [0, 0.05) is 39.4 Å². The Balaban J connectivity index is 2.19. The summed E-state index contributed by atoms with van der Waals surface area (Å²) in [5.41, 5.74) is 0.348. The van der Waals surface area contributed by atoms with Gasteiger partial charge in [-0.05, 0) is 22.9 Å². The van der Waals surface area contributed by atoms with Crippen molar-refractivity contribution >= 4 is 15.9 Å². The Morgan fingerprint density at radius 2 is 2.25 bits per heavy atom. The molecular weight excluding hydrogens is 326 g/mol. The first-order valence-electron chi connectivity index (χ1n) is 6.56. The molecule has 112 valence electrons. The van der Waals surface area contributed by atoms with E-state index in [0.717, 1.165) is 22.5 Å². The molecule has 0 aromatic carbocycles. The first kappa shape index (κ1) is 15.7. The van der Waals surface area contributed by atoms with E-state index >= 15 is 0 Å². The van der Waals surface area contributed by atoms with Crippen LogP contribution in [-0.2, 0) is 19.8 Å². The highest BCUT2D eigenvalue weighted by molar-refractivity contribution is 9.10. The van der Waals surface area contributed by atoms with Crippen LogP contribution in [0.2, 0.25) is 0 Å². The van der Waals surface area contributed by atoms with E-state index in [-0.39, 0.29) is 6.10 Å². The van der Waals surface area contributed by atoms with Crippen molar-refractivity contribution in [2.75, 3.05) is 34.0 Å². The van der Waals surface area contributed by atoms with Crippen LogP contribution in [-0.4, -0.2) is 45.1 Å². The van der Waals surface area contributed by atoms with Gasteiger partial charge in [0.25, 0.3) is 0 Å². The maximum Gasteiger partial charge on any atom is 0.135 e. The molecule has 6 heteroatoms. The zero-order chi connectivity index (χ0) is 14.6. The van der Waals surface area contributed by atoms with Crippen LogP contribution in [0, 0.1) is 0 Å². The fraction of sp³-hybridized carbons (Fsp3) is 0.643. The molecule has 0 bridgehead atoms. The monoisotopic (exact) mass is 345 g/mol. The van der Waals surface area contributed by atoms with Gasteiger partial charge in [0.2, 0.25) is 0 Å². The topological polar surface area (TPSA) is 49.8 Å². The lowest BCUT2D eigenvalue weighted by Gasteiger charge is -2.25. The molecule has 1 fully saturated rings. The van der Waals surface area contributed by atoms with Crippen molar-refractivity contribution in [1.82, 2.24) is 4.98 Å². The molecule has 2 heterocycles. The third-order valence-electron chi connectivity index (χ3n) is 3.50. The lowest BCUT2D eigenvalue weighted by Crippen LogP contribution is -2.30. The van der Waals surface area contributed by atoms with Gasteiger partial charge in [0.05, 0.1) is 18.4 Å². The van der Waals surface area contributed by atoms with Crippen molar-refractivity contribution in [2.45, 2.75) is 25.0 Å². The second-order valence-corrected chi connectivity index (χ2v) is 5.68. The number of ether oxygens (including phenoxy) is 4. The fourth-order valence-corrected chi connectivity index (χ4v) is 2.50. The molecule has 1 aromatic rings. The van der Waals surface area contributed by atoms with Gasteiger partial charge in [0.15, 0.2) is 0 Å². The van der Waals surface area contributed by atoms with Crippen LogP contribution in [0.25, 0.3) is 0 Å². The van der Waals surface area contributed by atoms with Crippen molar-refractivity contribution in [3.63, 3.8) is 0 Å². The minimum atomic E-state index is -0.477. The van der Waals surface area contributed by atoms with E-state index in [2.05, 4.69) is 20.9 Å². The minimum absolute atomic E-state index is 0.0385. The van der Waals surface area contributed by atoms with E-state index in [9.17, 15) is 0 Å². The van der Waals surface area contributed by atoms with Crippen LogP contribution < -0.4 is 4.74 Å². The summed E-state index contributed by atoms with van der Waals surface area (Å²) < 4.78 is 22.7. The highest BCUT2D eigenvalue weighted by atomic mass is 79.9. The van der Waals surface area contributed by atoms with Crippen molar-refractivity contribution in [2.24, 2.45) is 0 Å². The quantitative estimate of drug-likeness (QED) is 0.741. The largest absolute Gasteiger partial charge is 0.491 e. The molecule has 2 atom stereocenters. The molecule has 20 heavy (non-hydrogen) atoms. The van der Waals surface area contributed by atoms with Gasteiger partial charge in [0.1, 0.15) is 22.6 Å². The third-order valence-corrected chi connectivity index (χ3v) is 3.90. The van der Waals surface area contributed by atoms with Crippen LogP contribution in [0.1, 0.15) is 19.0 Å². The summed E-state index contributed by atoms with van der Waals surface area (Å²) in [6.07, 6.45) is 0.831. The Morgan fingerprint density at radius 1 is 1.45 bits per heavy atom. The van der Waals surface area contributed by atoms with Crippen LogP contribution in [0.15, 0.2) is 16.7 Å². The van der Waals surface area contributed by atoms with Crippen LogP contribution in [0.4, 0.5) is 0 Å². The molecule has 1 saturated heterocycles. The van der Waals surface area contributed by atoms with Crippen LogP contribution in [0.5, 0.6) is 5.75 Å². The van der Waals surface area contributed by atoms with E-state index in [4.69, 9.17) is 18.9 Å². The number of nitrogens with zero attached hydrogens (tertiary/aromatic N) is 1. The molecule has 0 radical (unpaired) electrons. The number of hydrogen-bond donors (Lipinski definition) is 0. The number of rotatable bonds is 6. The predicted octanol–water partition coefficient (Wildman–Crippen LogP) is 2.52. The summed E-state index contributed by atoms with van der Waals surface area (Å²) in [4.78, 5) is 4.51. The van der Waals surface area contributed by atoms with Crippen molar-refractivity contribution in [3.8, 4) is 5.75 Å². The Labute approximate surface area is 127 Å². The molecule has 0 N–H and O–H groups in total. The molecule has 1 aliphatic rings. The molecular formula is C14H20BrNO4. The molecule has 0 unspecified atom stereocenters. The van der Waals surface area contributed by atoms with E-state index in [1.165, 1.54) is 0 Å². The summed E-state index contributed by atoms with van der Waals surface area (Å²) >= 11 is 3.42. The maximum atomic E-state index is 5.74. The lowest BCUT2D eigenvalue weighted by molar-refractivity contribution is -0.0249. The van der Waals surface area contributed by atoms with Gasteiger partial charge in [-0.25, -0.2) is 4.98 Å². The fourth-order valence-electron chi connectivity index (χ4n) is 2.09. The van der Waals surface area contributed by atoms with E-state index < -0.39 is 5.60 Å². The van der Waals surface area contributed by atoms with Crippen LogP contribution >= 0.6 is 15.9 Å². The van der Waals surface area contributed by atoms with E-state index in [1.807, 2.05) is 19.1 Å². The van der Waals surface area contributed by atoms with Gasteiger partial charge in [-0.2, -0.15) is 0 Å². The smallest absolute Gasteiger partial charge is 0.135 e. The average molecular weight is 346 g/mol. The first-order valence-corrected chi connectivity index (χ1v) is 7.35. The lowest BCUT2D eigenvalue weighted by atomic mass is 9.98. The number of methoxy groups -OCH3 is 2.